The zero-order valence-electron chi connectivity index (χ0n) is 32.3. The topological polar surface area (TPSA) is 498 Å². The van der Waals surface area contributed by atoms with Gasteiger partial charge in [-0.05, 0) is 0 Å². The first-order valence-electron chi connectivity index (χ1n) is 18.0. The molecule has 0 aliphatic carbocycles. The highest BCUT2D eigenvalue weighted by Gasteiger charge is 2.49. The van der Waals surface area contributed by atoms with Crippen LogP contribution in [0.3, 0.4) is 0 Å². The van der Waals surface area contributed by atoms with Gasteiger partial charge in [0.2, 0.25) is 17.7 Å². The molecule has 5 aromatic heterocycles. The van der Waals surface area contributed by atoms with E-state index in [-0.39, 0.29) is 53.0 Å². The van der Waals surface area contributed by atoms with Gasteiger partial charge in [-0.15, -0.1) is 5.10 Å². The van der Waals surface area contributed by atoms with E-state index in [1.165, 1.54) is 17.9 Å². The van der Waals surface area contributed by atoms with Crippen molar-refractivity contribution >= 4 is 65.2 Å². The molecule has 2 fully saturated rings. The molecule has 12 atom stereocenters. The summed E-state index contributed by atoms with van der Waals surface area (Å²) in [6.45, 7) is -2.37. The molecular formula is C26H39N14O20P4+. The lowest BCUT2D eigenvalue weighted by Gasteiger charge is -2.20. The minimum Gasteiger partial charge on any atom is -0.387 e. The van der Waals surface area contributed by atoms with Crippen molar-refractivity contribution in [1.29, 1.82) is 0 Å². The number of aromatic amines is 2. The van der Waals surface area contributed by atoms with E-state index in [1.807, 2.05) is 0 Å². The van der Waals surface area contributed by atoms with Gasteiger partial charge in [0, 0.05) is 12.7 Å². The minimum atomic E-state index is -5.90. The van der Waals surface area contributed by atoms with Gasteiger partial charge in [0.15, 0.2) is 23.7 Å². The lowest BCUT2D eigenvalue weighted by Crippen LogP contribution is -2.46. The van der Waals surface area contributed by atoms with Crippen molar-refractivity contribution in [2.45, 2.75) is 61.8 Å². The van der Waals surface area contributed by atoms with Gasteiger partial charge in [0.1, 0.15) is 36.6 Å². The lowest BCUT2D eigenvalue weighted by atomic mass is 10.1. The van der Waals surface area contributed by atoms with Gasteiger partial charge in [-0.2, -0.15) is 9.29 Å². The number of nitrogens with zero attached hydrogens (tertiary/aromatic N) is 9. The molecular weight excluding hydrogens is 952 g/mol. The van der Waals surface area contributed by atoms with E-state index < -0.39 is 111 Å². The maximum Gasteiger partial charge on any atom is 0.488 e. The highest BCUT2D eigenvalue weighted by atomic mass is 31.3. The Morgan fingerprint density at radius 2 is 1.53 bits per heavy atom. The number of hydrogen-bond donors (Lipinski definition) is 13. The number of aliphatic hydroxyl groups excluding tert-OH is 4. The molecule has 0 radical (unpaired) electrons. The van der Waals surface area contributed by atoms with Crippen molar-refractivity contribution in [1.82, 2.24) is 54.1 Å². The summed E-state index contributed by atoms with van der Waals surface area (Å²) in [7, 11) is -20.0. The Morgan fingerprint density at radius 3 is 2.27 bits per heavy atom. The van der Waals surface area contributed by atoms with E-state index in [0.29, 0.717) is 0 Å². The summed E-state index contributed by atoms with van der Waals surface area (Å²) in [5, 5.41) is 51.7. The molecule has 2 aliphatic heterocycles. The number of phosphoric acid groups is 2. The molecule has 0 aromatic carbocycles. The number of H-pyrrole nitrogens is 2. The van der Waals surface area contributed by atoms with Crippen LogP contribution in [0.1, 0.15) is 18.1 Å². The average molecular weight is 992 g/mol. The van der Waals surface area contributed by atoms with Crippen LogP contribution in [0, 0.1) is 0 Å². The third kappa shape index (κ3) is 10.4. The fourth-order valence-corrected chi connectivity index (χ4v) is 11.4. The van der Waals surface area contributed by atoms with E-state index in [4.69, 9.17) is 25.5 Å². The number of nitrogen functional groups attached to an aromatic ring is 2. The molecule has 0 spiro atoms. The molecule has 15 N–H and O–H groups in total. The molecule has 7 rings (SSSR count). The number of fused-ring (bicyclic) bond motifs is 2. The van der Waals surface area contributed by atoms with Gasteiger partial charge in [-0.25, -0.2) is 32.6 Å². The first kappa shape index (κ1) is 47.7. The molecule has 0 bridgehead atoms. The fraction of sp³-hybridized carbons (Fsp3) is 0.538. The molecule has 0 saturated carbocycles. The number of phosphoric ester groups is 1. The summed E-state index contributed by atoms with van der Waals surface area (Å²) in [5.74, 6) is -0.538. The predicted octanol–water partition coefficient (Wildman–Crippen LogP) is -4.98. The van der Waals surface area contributed by atoms with Crippen LogP contribution in [0.4, 0.5) is 11.9 Å². The monoisotopic (exact) mass is 991 g/mol. The standard InChI is InChI=1S/C26H38N14O20P4/c1-37-9-40(20-14(37)22(46)34-26(28)32-20)24-18(44)16(42)12(58-24)6-56-63(51,52)60-64(53,54)59-61(47,48)7-10-4-38(36-35-10)3-2-30-62(49,50)55-5-11-15(41)17(43)23(57-11)39-8-29-13-19(39)31-25(27)33-21(13)45/h4,8-9,11-12,15-18,23-24,41-44H,2-3,5-7H2,1H3,(H10-,27,28,30,31,32,33,34,45,46,47,48,49,50,51,52,53,54)/p+1/t11-,12-,15?,16+,17+,18?,23-,24-/m1/s1. The van der Waals surface area contributed by atoms with Crippen LogP contribution in [0.25, 0.3) is 22.3 Å². The minimum absolute atomic E-state index is 0.00940. The number of rotatable bonds is 18. The maximum absolute atomic E-state index is 12.7. The third-order valence-corrected chi connectivity index (χ3v) is 15.1. The van der Waals surface area contributed by atoms with Crippen molar-refractivity contribution in [3.05, 3.63) is 45.3 Å². The zero-order chi connectivity index (χ0) is 46.7. The molecule has 2 aliphatic rings. The summed E-state index contributed by atoms with van der Waals surface area (Å²) < 4.78 is 84.3. The predicted molar refractivity (Wildman–Crippen MR) is 205 cm³/mol. The molecule has 6 unspecified atom stereocenters. The Morgan fingerprint density at radius 1 is 0.875 bits per heavy atom. The Bertz CT molecular complexity index is 2870. The maximum atomic E-state index is 12.7. The molecule has 5 aromatic rings. The smallest absolute Gasteiger partial charge is 0.387 e. The van der Waals surface area contributed by atoms with Crippen LogP contribution in [0.2, 0.25) is 0 Å². The molecule has 38 heteroatoms. The third-order valence-electron chi connectivity index (χ3n) is 9.32. The molecule has 0 amide bonds. The second kappa shape index (κ2) is 17.9. The van der Waals surface area contributed by atoms with E-state index in [1.54, 1.807) is 0 Å². The second-order valence-electron chi connectivity index (χ2n) is 14.0. The van der Waals surface area contributed by atoms with Crippen molar-refractivity contribution in [3.8, 4) is 0 Å². The van der Waals surface area contributed by atoms with Gasteiger partial charge in [-0.3, -0.25) is 47.0 Å². The molecule has 34 nitrogen and oxygen atoms in total. The second-order valence-corrected chi connectivity index (χ2v) is 20.7. The van der Waals surface area contributed by atoms with Crippen LogP contribution in [-0.4, -0.2) is 145 Å². The number of ether oxygens (including phenoxy) is 2. The van der Waals surface area contributed by atoms with E-state index in [9.17, 15) is 67.8 Å². The Hall–Kier alpha value is -4.24. The quantitative estimate of drug-likeness (QED) is 0.0289. The Balaban J connectivity index is 0.860. The first-order valence-corrected chi connectivity index (χ1v) is 24.3. The molecule has 352 valence electrons. The van der Waals surface area contributed by atoms with Gasteiger partial charge in [0.05, 0.1) is 45.0 Å². The number of aliphatic hydroxyl groups is 4. The summed E-state index contributed by atoms with van der Waals surface area (Å²) in [6.07, 6.45) is -10.2. The van der Waals surface area contributed by atoms with Crippen LogP contribution < -0.4 is 32.2 Å². The van der Waals surface area contributed by atoms with Crippen LogP contribution in [0.5, 0.6) is 0 Å². The van der Waals surface area contributed by atoms with Crippen molar-refractivity contribution in [2.75, 3.05) is 31.2 Å². The van der Waals surface area contributed by atoms with E-state index in [0.717, 1.165) is 26.3 Å². The summed E-state index contributed by atoms with van der Waals surface area (Å²) in [4.78, 5) is 81.6. The number of aromatic nitrogens is 11. The SMILES string of the molecule is Cn1c[n+]([C@@H]2O[C@H](COP(=O)(O)OP(=O)(O)OP(=O)(O)Cc3cn(CCNP(=O)(O)OC[C@H]4O[C@@H](n5cnc6c(=O)[nH]c(N)nc65)[C@@H](O)C4O)nn3)[C@H](O)C2O)c2nc(N)[nH]c(=O)c21. The number of imidazole rings is 2. The number of hydrogen-bond acceptors (Lipinski definition) is 23. The number of nitrogens with two attached hydrogens (primary N) is 2. The molecule has 2 saturated heterocycles. The molecule has 7 heterocycles. The highest BCUT2D eigenvalue weighted by molar-refractivity contribution is 7.68. The zero-order valence-corrected chi connectivity index (χ0v) is 35.9. The number of anilines is 2. The fourth-order valence-electron chi connectivity index (χ4n) is 6.56. The summed E-state index contributed by atoms with van der Waals surface area (Å²) >= 11 is 0. The number of aryl methyl sites for hydroxylation is 1. The number of nitrogens with one attached hydrogen (secondary N) is 3. The highest BCUT2D eigenvalue weighted by Crippen LogP contribution is 2.68. The van der Waals surface area contributed by atoms with Crippen LogP contribution >= 0.6 is 31.0 Å². The first-order chi connectivity index (χ1) is 29.8. The normalized spacial score (nSPS) is 27.7. The van der Waals surface area contributed by atoms with Crippen LogP contribution in [0.15, 0.2) is 28.4 Å². The van der Waals surface area contributed by atoms with Gasteiger partial charge < -0.3 is 60.9 Å². The summed E-state index contributed by atoms with van der Waals surface area (Å²) in [5.41, 5.74) is 9.31. The van der Waals surface area contributed by atoms with Gasteiger partial charge in [-0.1, -0.05) is 10.2 Å². The largest absolute Gasteiger partial charge is 0.488 e. The van der Waals surface area contributed by atoms with Crippen molar-refractivity contribution in [2.24, 2.45) is 7.05 Å². The van der Waals surface area contributed by atoms with Crippen molar-refractivity contribution < 1.29 is 90.0 Å². The summed E-state index contributed by atoms with van der Waals surface area (Å²) in [6, 6.07) is 0. The van der Waals surface area contributed by atoms with E-state index in [2.05, 4.69) is 53.5 Å². The Kier molecular flexibility index (Phi) is 13.3. The Labute approximate surface area is 354 Å². The molecule has 64 heavy (non-hydrogen) atoms. The lowest BCUT2D eigenvalue weighted by molar-refractivity contribution is -0.745. The van der Waals surface area contributed by atoms with E-state index >= 15 is 0 Å². The van der Waals surface area contributed by atoms with Crippen molar-refractivity contribution in [3.63, 3.8) is 0 Å². The average Bonchev–Trinajstić information content (AvgIpc) is 3.98. The van der Waals surface area contributed by atoms with Gasteiger partial charge >= 0.3 is 36.6 Å². The van der Waals surface area contributed by atoms with Gasteiger partial charge in [0.25, 0.3) is 17.1 Å². The van der Waals surface area contributed by atoms with Crippen LogP contribution in [-0.2, 0) is 65.2 Å².